The van der Waals surface area contributed by atoms with Crippen molar-refractivity contribution in [3.05, 3.63) is 77.1 Å². The topological polar surface area (TPSA) is 69.0 Å². The van der Waals surface area contributed by atoms with Crippen LogP contribution >= 0.6 is 23.4 Å². The highest BCUT2D eigenvalue weighted by molar-refractivity contribution is 7.99. The van der Waals surface area contributed by atoms with E-state index in [2.05, 4.69) is 15.5 Å². The zero-order valence-corrected chi connectivity index (χ0v) is 17.7. The predicted molar refractivity (Wildman–Crippen MR) is 115 cm³/mol. The number of halogens is 1. The van der Waals surface area contributed by atoms with E-state index in [9.17, 15) is 4.79 Å². The summed E-state index contributed by atoms with van der Waals surface area (Å²) in [5, 5.41) is 12.5. The Morgan fingerprint density at radius 2 is 2.00 bits per heavy atom. The summed E-state index contributed by atoms with van der Waals surface area (Å²) in [6.07, 6.45) is 2.54. The monoisotopic (exact) mass is 430 g/mol. The highest BCUT2D eigenvalue weighted by Crippen LogP contribution is 2.25. The fourth-order valence-corrected chi connectivity index (χ4v) is 3.86. The molecule has 0 fully saturated rings. The van der Waals surface area contributed by atoms with Crippen LogP contribution in [0.25, 0.3) is 0 Å². The molecule has 1 aromatic heterocycles. The SMILES string of the molecule is COCCCn1cnnc1SCC(=O)NC(c1ccccc1)c1cccc(Cl)c1. The number of benzene rings is 2. The van der Waals surface area contributed by atoms with Crippen molar-refractivity contribution in [2.75, 3.05) is 19.5 Å². The van der Waals surface area contributed by atoms with Crippen molar-refractivity contribution in [1.82, 2.24) is 20.1 Å². The molecule has 6 nitrogen and oxygen atoms in total. The molecule has 0 aliphatic carbocycles. The minimum Gasteiger partial charge on any atom is -0.385 e. The molecule has 0 aliphatic rings. The van der Waals surface area contributed by atoms with Crippen LogP contribution in [0.3, 0.4) is 0 Å². The number of aromatic nitrogens is 3. The van der Waals surface area contributed by atoms with Crippen LogP contribution in [0.2, 0.25) is 5.02 Å². The molecular formula is C21H23ClN4O2S. The van der Waals surface area contributed by atoms with Gasteiger partial charge in [0.25, 0.3) is 0 Å². The Balaban J connectivity index is 1.66. The third-order valence-corrected chi connectivity index (χ3v) is 5.50. The number of rotatable bonds is 10. The number of hydrogen-bond donors (Lipinski definition) is 1. The average Bonchev–Trinajstić information content (AvgIpc) is 3.19. The normalized spacial score (nSPS) is 11.9. The predicted octanol–water partition coefficient (Wildman–Crippen LogP) is 3.97. The smallest absolute Gasteiger partial charge is 0.231 e. The van der Waals surface area contributed by atoms with Crippen molar-refractivity contribution in [2.24, 2.45) is 0 Å². The number of aryl methyl sites for hydroxylation is 1. The molecule has 2 aromatic carbocycles. The fraction of sp³-hybridized carbons (Fsp3) is 0.286. The van der Waals surface area contributed by atoms with Crippen molar-refractivity contribution < 1.29 is 9.53 Å². The number of nitrogens with one attached hydrogen (secondary N) is 1. The van der Waals surface area contributed by atoms with Gasteiger partial charge in [-0.3, -0.25) is 4.79 Å². The van der Waals surface area contributed by atoms with Crippen molar-refractivity contribution in [3.63, 3.8) is 0 Å². The van der Waals surface area contributed by atoms with E-state index in [1.807, 2.05) is 59.2 Å². The first kappa shape index (κ1) is 21.4. The Hall–Kier alpha value is -2.35. The molecule has 0 bridgehead atoms. The lowest BCUT2D eigenvalue weighted by Gasteiger charge is -2.20. The maximum Gasteiger partial charge on any atom is 0.231 e. The van der Waals surface area contributed by atoms with E-state index in [1.54, 1.807) is 13.4 Å². The Morgan fingerprint density at radius 1 is 1.21 bits per heavy atom. The van der Waals surface area contributed by atoms with Gasteiger partial charge in [0.05, 0.1) is 11.8 Å². The lowest BCUT2D eigenvalue weighted by Crippen LogP contribution is -2.30. The Kier molecular flexibility index (Phi) is 8.10. The van der Waals surface area contributed by atoms with Gasteiger partial charge >= 0.3 is 0 Å². The van der Waals surface area contributed by atoms with E-state index >= 15 is 0 Å². The van der Waals surface area contributed by atoms with Crippen molar-refractivity contribution in [1.29, 1.82) is 0 Å². The van der Waals surface area contributed by atoms with E-state index < -0.39 is 0 Å². The highest BCUT2D eigenvalue weighted by atomic mass is 35.5. The maximum atomic E-state index is 12.7. The molecule has 0 saturated carbocycles. The molecule has 3 rings (SSSR count). The van der Waals surface area contributed by atoms with E-state index in [0.29, 0.717) is 11.6 Å². The van der Waals surface area contributed by atoms with Crippen LogP contribution in [0.15, 0.2) is 66.1 Å². The number of hydrogen-bond acceptors (Lipinski definition) is 5. The van der Waals surface area contributed by atoms with Crippen LogP contribution in [-0.2, 0) is 16.1 Å². The third kappa shape index (κ3) is 6.32. The summed E-state index contributed by atoms with van der Waals surface area (Å²) in [6, 6.07) is 17.1. The molecule has 29 heavy (non-hydrogen) atoms. The summed E-state index contributed by atoms with van der Waals surface area (Å²) in [5.41, 5.74) is 1.93. The van der Waals surface area contributed by atoms with Gasteiger partial charge in [0, 0.05) is 25.3 Å². The molecule has 1 unspecified atom stereocenters. The molecule has 0 aliphatic heterocycles. The number of methoxy groups -OCH3 is 1. The van der Waals surface area contributed by atoms with Gasteiger partial charge in [-0.1, -0.05) is 65.8 Å². The summed E-state index contributed by atoms with van der Waals surface area (Å²) in [5.74, 6) is 0.155. The standard InChI is InChI=1S/C21H23ClN4O2S/c1-28-12-6-11-26-15-23-25-21(26)29-14-19(27)24-20(16-7-3-2-4-8-16)17-9-5-10-18(22)13-17/h2-5,7-10,13,15,20H,6,11-12,14H2,1H3,(H,24,27). The molecule has 1 amide bonds. The molecular weight excluding hydrogens is 408 g/mol. The largest absolute Gasteiger partial charge is 0.385 e. The van der Waals surface area contributed by atoms with E-state index in [-0.39, 0.29) is 17.7 Å². The van der Waals surface area contributed by atoms with Gasteiger partial charge in [-0.05, 0) is 29.7 Å². The van der Waals surface area contributed by atoms with Gasteiger partial charge in [-0.15, -0.1) is 10.2 Å². The van der Waals surface area contributed by atoms with Crippen LogP contribution < -0.4 is 5.32 Å². The molecule has 0 saturated heterocycles. The number of carbonyl (C=O) groups is 1. The second kappa shape index (κ2) is 11.0. The van der Waals surface area contributed by atoms with Gasteiger partial charge in [0.15, 0.2) is 5.16 Å². The third-order valence-electron chi connectivity index (χ3n) is 4.28. The lowest BCUT2D eigenvalue weighted by molar-refractivity contribution is -0.119. The quantitative estimate of drug-likeness (QED) is 0.389. The molecule has 3 aromatic rings. The second-order valence-corrected chi connectivity index (χ2v) is 7.79. The molecule has 8 heteroatoms. The second-order valence-electron chi connectivity index (χ2n) is 6.41. The van der Waals surface area contributed by atoms with Crippen molar-refractivity contribution >= 4 is 29.3 Å². The van der Waals surface area contributed by atoms with Crippen LogP contribution in [0.1, 0.15) is 23.6 Å². The number of thioether (sulfide) groups is 1. The van der Waals surface area contributed by atoms with E-state index in [4.69, 9.17) is 16.3 Å². The molecule has 152 valence electrons. The van der Waals surface area contributed by atoms with Crippen LogP contribution in [0.4, 0.5) is 0 Å². The summed E-state index contributed by atoms with van der Waals surface area (Å²) >= 11 is 7.53. The minimum absolute atomic E-state index is 0.0877. The van der Waals surface area contributed by atoms with Gasteiger partial charge in [0.2, 0.25) is 5.91 Å². The molecule has 1 N–H and O–H groups in total. The lowest BCUT2D eigenvalue weighted by atomic mass is 9.99. The van der Waals surface area contributed by atoms with E-state index in [1.165, 1.54) is 11.8 Å². The number of amides is 1. The summed E-state index contributed by atoms with van der Waals surface area (Å²) in [4.78, 5) is 12.7. The highest BCUT2D eigenvalue weighted by Gasteiger charge is 2.18. The molecule has 0 radical (unpaired) electrons. The zero-order valence-electron chi connectivity index (χ0n) is 16.1. The minimum atomic E-state index is -0.275. The van der Waals surface area contributed by atoms with Crippen molar-refractivity contribution in [2.45, 2.75) is 24.2 Å². The Labute approximate surface area is 179 Å². The van der Waals surface area contributed by atoms with Gasteiger partial charge in [-0.2, -0.15) is 0 Å². The van der Waals surface area contributed by atoms with Crippen LogP contribution in [0.5, 0.6) is 0 Å². The Morgan fingerprint density at radius 3 is 2.76 bits per heavy atom. The number of carbonyl (C=O) groups excluding carboxylic acids is 1. The van der Waals surface area contributed by atoms with Crippen molar-refractivity contribution in [3.8, 4) is 0 Å². The first-order valence-electron chi connectivity index (χ1n) is 9.26. The van der Waals surface area contributed by atoms with Gasteiger partial charge in [-0.25, -0.2) is 0 Å². The molecule has 0 spiro atoms. The molecule has 1 atom stereocenters. The maximum absolute atomic E-state index is 12.7. The van der Waals surface area contributed by atoms with E-state index in [0.717, 1.165) is 29.2 Å². The van der Waals surface area contributed by atoms with Gasteiger partial charge in [0.1, 0.15) is 6.33 Å². The van der Waals surface area contributed by atoms with Crippen LogP contribution in [-0.4, -0.2) is 40.1 Å². The summed E-state index contributed by atoms with van der Waals surface area (Å²) in [6.45, 7) is 1.42. The number of nitrogens with zero attached hydrogens (tertiary/aromatic N) is 3. The molecule has 1 heterocycles. The summed E-state index contributed by atoms with van der Waals surface area (Å²) < 4.78 is 7.01. The fourth-order valence-electron chi connectivity index (χ4n) is 2.91. The summed E-state index contributed by atoms with van der Waals surface area (Å²) in [7, 11) is 1.68. The number of ether oxygens (including phenoxy) is 1. The first-order chi connectivity index (χ1) is 14.2. The van der Waals surface area contributed by atoms with Crippen LogP contribution in [0, 0.1) is 0 Å². The average molecular weight is 431 g/mol. The first-order valence-corrected chi connectivity index (χ1v) is 10.6. The Bertz CT molecular complexity index is 920. The zero-order chi connectivity index (χ0) is 20.5. The van der Waals surface area contributed by atoms with Gasteiger partial charge < -0.3 is 14.6 Å².